The third-order valence-electron chi connectivity index (χ3n) is 4.06. The topological polar surface area (TPSA) is 84.7 Å². The van der Waals surface area contributed by atoms with Crippen LogP contribution in [0.5, 0.6) is 5.75 Å². The van der Waals surface area contributed by atoms with Crippen molar-refractivity contribution in [3.05, 3.63) is 28.2 Å². The van der Waals surface area contributed by atoms with Crippen molar-refractivity contribution in [3.8, 4) is 5.75 Å². The van der Waals surface area contributed by atoms with Crippen LogP contribution < -0.4 is 15.8 Å². The molecule has 8 heteroatoms. The SMILES string of the molecule is NCCNC(=O)C1CCCN(C(=O)CCOc2ccc(Cl)cc2Cl)C1. The fraction of sp³-hybridized carbons (Fsp3) is 0.529. The highest BCUT2D eigenvalue weighted by molar-refractivity contribution is 6.35. The first-order chi connectivity index (χ1) is 12.0. The van der Waals surface area contributed by atoms with E-state index in [0.29, 0.717) is 42.0 Å². The molecule has 1 fully saturated rings. The number of likely N-dealkylation sites (tertiary alicyclic amines) is 1. The normalized spacial score (nSPS) is 17.2. The molecule has 1 atom stereocenters. The lowest BCUT2D eigenvalue weighted by Crippen LogP contribution is -2.46. The van der Waals surface area contributed by atoms with Crippen molar-refractivity contribution in [1.29, 1.82) is 0 Å². The zero-order valence-electron chi connectivity index (χ0n) is 14.0. The van der Waals surface area contributed by atoms with Crippen LogP contribution in [0, 0.1) is 5.92 Å². The van der Waals surface area contributed by atoms with E-state index in [4.69, 9.17) is 33.7 Å². The van der Waals surface area contributed by atoms with E-state index in [1.54, 1.807) is 23.1 Å². The van der Waals surface area contributed by atoms with Gasteiger partial charge in [0.2, 0.25) is 11.8 Å². The Labute approximate surface area is 157 Å². The minimum Gasteiger partial charge on any atom is -0.491 e. The molecular formula is C17H23Cl2N3O3. The van der Waals surface area contributed by atoms with Crippen molar-refractivity contribution >= 4 is 35.0 Å². The van der Waals surface area contributed by atoms with Gasteiger partial charge >= 0.3 is 0 Å². The van der Waals surface area contributed by atoms with Crippen molar-refractivity contribution in [1.82, 2.24) is 10.2 Å². The van der Waals surface area contributed by atoms with E-state index < -0.39 is 0 Å². The molecule has 0 spiro atoms. The molecule has 25 heavy (non-hydrogen) atoms. The van der Waals surface area contributed by atoms with Crippen LogP contribution in [0.25, 0.3) is 0 Å². The maximum Gasteiger partial charge on any atom is 0.226 e. The summed E-state index contributed by atoms with van der Waals surface area (Å²) >= 11 is 11.9. The fourth-order valence-electron chi connectivity index (χ4n) is 2.76. The largest absolute Gasteiger partial charge is 0.491 e. The minimum absolute atomic E-state index is 0.0265. The Hall–Kier alpha value is -1.50. The summed E-state index contributed by atoms with van der Waals surface area (Å²) < 4.78 is 5.55. The van der Waals surface area contributed by atoms with Crippen LogP contribution in [0.15, 0.2) is 18.2 Å². The maximum absolute atomic E-state index is 12.3. The van der Waals surface area contributed by atoms with Crippen molar-refractivity contribution in [2.45, 2.75) is 19.3 Å². The van der Waals surface area contributed by atoms with Gasteiger partial charge in [0.1, 0.15) is 5.75 Å². The lowest BCUT2D eigenvalue weighted by Gasteiger charge is -2.32. The second-order valence-electron chi connectivity index (χ2n) is 5.93. The molecule has 138 valence electrons. The molecule has 2 amide bonds. The Bertz CT molecular complexity index is 613. The van der Waals surface area contributed by atoms with Gasteiger partial charge in [-0.25, -0.2) is 0 Å². The summed E-state index contributed by atoms with van der Waals surface area (Å²) in [6, 6.07) is 4.95. The Morgan fingerprint density at radius 3 is 2.88 bits per heavy atom. The summed E-state index contributed by atoms with van der Waals surface area (Å²) in [5.41, 5.74) is 5.39. The molecule has 1 unspecified atom stereocenters. The van der Waals surface area contributed by atoms with E-state index in [2.05, 4.69) is 5.32 Å². The van der Waals surface area contributed by atoms with Crippen LogP contribution in [-0.4, -0.2) is 49.5 Å². The quantitative estimate of drug-likeness (QED) is 0.749. The van der Waals surface area contributed by atoms with Gasteiger partial charge < -0.3 is 20.7 Å². The molecule has 0 aliphatic carbocycles. The highest BCUT2D eigenvalue weighted by Crippen LogP contribution is 2.27. The lowest BCUT2D eigenvalue weighted by molar-refractivity contribution is -0.136. The van der Waals surface area contributed by atoms with Crippen LogP contribution in [0.1, 0.15) is 19.3 Å². The van der Waals surface area contributed by atoms with E-state index in [9.17, 15) is 9.59 Å². The molecule has 2 rings (SSSR count). The van der Waals surface area contributed by atoms with E-state index in [-0.39, 0.29) is 30.8 Å². The second-order valence-corrected chi connectivity index (χ2v) is 6.78. The van der Waals surface area contributed by atoms with Gasteiger partial charge in [-0.15, -0.1) is 0 Å². The van der Waals surface area contributed by atoms with E-state index in [0.717, 1.165) is 12.8 Å². The number of hydrogen-bond donors (Lipinski definition) is 2. The molecule has 1 saturated heterocycles. The van der Waals surface area contributed by atoms with Gasteiger partial charge in [-0.3, -0.25) is 9.59 Å². The van der Waals surface area contributed by atoms with Crippen molar-refractivity contribution in [2.24, 2.45) is 11.7 Å². The van der Waals surface area contributed by atoms with Gasteiger partial charge in [0.25, 0.3) is 0 Å². The number of hydrogen-bond acceptors (Lipinski definition) is 4. The number of nitrogens with one attached hydrogen (secondary N) is 1. The van der Waals surface area contributed by atoms with E-state index in [1.807, 2.05) is 0 Å². The minimum atomic E-state index is -0.170. The van der Waals surface area contributed by atoms with E-state index >= 15 is 0 Å². The van der Waals surface area contributed by atoms with E-state index in [1.165, 1.54) is 0 Å². The van der Waals surface area contributed by atoms with Crippen molar-refractivity contribution in [3.63, 3.8) is 0 Å². The number of ether oxygens (including phenoxy) is 1. The first-order valence-corrected chi connectivity index (χ1v) is 9.10. The van der Waals surface area contributed by atoms with Gasteiger partial charge in [0, 0.05) is 31.2 Å². The molecule has 0 aromatic heterocycles. The highest BCUT2D eigenvalue weighted by atomic mass is 35.5. The predicted octanol–water partition coefficient (Wildman–Crippen LogP) is 2.08. The molecule has 6 nitrogen and oxygen atoms in total. The molecule has 1 aromatic carbocycles. The smallest absolute Gasteiger partial charge is 0.226 e. The number of amides is 2. The molecule has 3 N–H and O–H groups in total. The van der Waals surface area contributed by atoms with Gasteiger partial charge in [0.05, 0.1) is 24.0 Å². The fourth-order valence-corrected chi connectivity index (χ4v) is 3.22. The Kier molecular flexibility index (Phi) is 7.81. The summed E-state index contributed by atoms with van der Waals surface area (Å²) in [7, 11) is 0. The third kappa shape index (κ3) is 6.06. The zero-order chi connectivity index (χ0) is 18.2. The first-order valence-electron chi connectivity index (χ1n) is 8.34. The number of nitrogens with two attached hydrogens (primary N) is 1. The van der Waals surface area contributed by atoms with Crippen LogP contribution in [0.2, 0.25) is 10.0 Å². The third-order valence-corrected chi connectivity index (χ3v) is 4.59. The average molecular weight is 388 g/mol. The molecule has 0 saturated carbocycles. The molecule has 1 aliphatic heterocycles. The molecule has 1 aromatic rings. The number of piperidine rings is 1. The number of benzene rings is 1. The monoisotopic (exact) mass is 387 g/mol. The predicted molar refractivity (Wildman–Crippen MR) is 97.9 cm³/mol. The molecular weight excluding hydrogens is 365 g/mol. The average Bonchev–Trinajstić information content (AvgIpc) is 2.61. The van der Waals surface area contributed by atoms with Gasteiger partial charge in [0.15, 0.2) is 0 Å². The number of nitrogens with zero attached hydrogens (tertiary/aromatic N) is 1. The Balaban J connectivity index is 1.79. The zero-order valence-corrected chi connectivity index (χ0v) is 15.5. The number of rotatable bonds is 7. The number of carbonyl (C=O) groups is 2. The van der Waals surface area contributed by atoms with Crippen LogP contribution in [0.3, 0.4) is 0 Å². The highest BCUT2D eigenvalue weighted by Gasteiger charge is 2.27. The summed E-state index contributed by atoms with van der Waals surface area (Å²) in [6.07, 6.45) is 1.84. The van der Waals surface area contributed by atoms with Gasteiger partial charge in [-0.1, -0.05) is 23.2 Å². The van der Waals surface area contributed by atoms with Crippen molar-refractivity contribution < 1.29 is 14.3 Å². The Morgan fingerprint density at radius 1 is 1.36 bits per heavy atom. The summed E-state index contributed by atoms with van der Waals surface area (Å²) in [4.78, 5) is 26.1. The summed E-state index contributed by atoms with van der Waals surface area (Å²) in [6.45, 7) is 2.20. The van der Waals surface area contributed by atoms with Crippen molar-refractivity contribution in [2.75, 3.05) is 32.8 Å². The number of halogens is 2. The molecule has 0 radical (unpaired) electrons. The van der Waals surface area contributed by atoms with Crippen LogP contribution in [0.4, 0.5) is 0 Å². The first kappa shape index (κ1) is 19.8. The van der Waals surface area contributed by atoms with Crippen LogP contribution in [-0.2, 0) is 9.59 Å². The van der Waals surface area contributed by atoms with Gasteiger partial charge in [-0.05, 0) is 31.0 Å². The molecule has 1 heterocycles. The standard InChI is InChI=1S/C17H23Cl2N3O3/c18-13-3-4-15(14(19)10-13)25-9-5-16(23)22-8-1-2-12(11-22)17(24)21-7-6-20/h3-4,10,12H,1-2,5-9,11,20H2,(H,21,24). The lowest BCUT2D eigenvalue weighted by atomic mass is 9.97. The molecule has 0 bridgehead atoms. The number of carbonyl (C=O) groups excluding carboxylic acids is 2. The van der Waals surface area contributed by atoms with Gasteiger partial charge in [-0.2, -0.15) is 0 Å². The van der Waals surface area contributed by atoms with Crippen LogP contribution >= 0.6 is 23.2 Å². The summed E-state index contributed by atoms with van der Waals surface area (Å²) in [5.74, 6) is 0.265. The second kappa shape index (κ2) is 9.85. The Morgan fingerprint density at radius 2 is 2.16 bits per heavy atom. The summed E-state index contributed by atoms with van der Waals surface area (Å²) in [5, 5.41) is 3.72. The maximum atomic E-state index is 12.3. The molecule has 1 aliphatic rings.